The Labute approximate surface area is 169 Å². The lowest BCUT2D eigenvalue weighted by Crippen LogP contribution is -2.40. The van der Waals surface area contributed by atoms with Crippen LogP contribution in [0.2, 0.25) is 0 Å². The number of aromatic nitrogens is 2. The first kappa shape index (κ1) is 18.1. The van der Waals surface area contributed by atoms with Crippen molar-refractivity contribution in [3.63, 3.8) is 0 Å². The molecule has 148 valence electrons. The van der Waals surface area contributed by atoms with Crippen LogP contribution in [-0.4, -0.2) is 9.13 Å². The highest BCUT2D eigenvalue weighted by atomic mass is 32.1. The van der Waals surface area contributed by atoms with Gasteiger partial charge < -0.3 is 4.42 Å². The fraction of sp³-hybridized carbons (Fsp3) is 0.273. The Balaban J connectivity index is 1.78. The minimum Gasteiger partial charge on any atom is -0.467 e. The van der Waals surface area contributed by atoms with E-state index in [0.717, 1.165) is 31.2 Å². The molecule has 0 aliphatic heterocycles. The number of benzene rings is 1. The van der Waals surface area contributed by atoms with Crippen molar-refractivity contribution in [2.45, 2.75) is 38.8 Å². The number of nitrogens with zero attached hydrogens (tertiary/aromatic N) is 2. The Kier molecular flexibility index (Phi) is 4.47. The Morgan fingerprint density at radius 3 is 2.62 bits per heavy atom. The molecular formula is C22H19FN2O3S. The minimum absolute atomic E-state index is 0.0580. The molecule has 0 N–H and O–H groups in total. The van der Waals surface area contributed by atoms with Gasteiger partial charge in [0.25, 0.3) is 5.56 Å². The third-order valence-corrected chi connectivity index (χ3v) is 6.81. The van der Waals surface area contributed by atoms with Crippen molar-refractivity contribution >= 4 is 21.6 Å². The molecule has 0 atom stereocenters. The first-order chi connectivity index (χ1) is 14.1. The fourth-order valence-corrected chi connectivity index (χ4v) is 5.42. The van der Waals surface area contributed by atoms with Gasteiger partial charge in [-0.3, -0.25) is 13.9 Å². The van der Waals surface area contributed by atoms with Crippen molar-refractivity contribution in [2.24, 2.45) is 0 Å². The second kappa shape index (κ2) is 7.15. The van der Waals surface area contributed by atoms with E-state index in [9.17, 15) is 14.0 Å². The summed E-state index contributed by atoms with van der Waals surface area (Å²) in [6.45, 7) is 0.141. The van der Waals surface area contributed by atoms with E-state index in [2.05, 4.69) is 0 Å². The highest BCUT2D eigenvalue weighted by Crippen LogP contribution is 2.34. The Hall–Kier alpha value is -2.93. The van der Waals surface area contributed by atoms with Gasteiger partial charge in [0, 0.05) is 10.4 Å². The average molecular weight is 410 g/mol. The zero-order valence-electron chi connectivity index (χ0n) is 15.7. The van der Waals surface area contributed by atoms with E-state index in [1.807, 2.05) is 0 Å². The molecule has 1 aliphatic carbocycles. The maximum absolute atomic E-state index is 14.3. The number of hydrogen-bond acceptors (Lipinski definition) is 4. The van der Waals surface area contributed by atoms with Gasteiger partial charge in [-0.25, -0.2) is 9.18 Å². The third-order valence-electron chi connectivity index (χ3n) is 5.50. The van der Waals surface area contributed by atoms with Crippen LogP contribution in [-0.2, 0) is 25.9 Å². The van der Waals surface area contributed by atoms with E-state index in [-0.39, 0.29) is 24.5 Å². The summed E-state index contributed by atoms with van der Waals surface area (Å²) in [6, 6.07) is 9.89. The van der Waals surface area contributed by atoms with Crippen LogP contribution in [0.4, 0.5) is 4.39 Å². The molecule has 3 aromatic heterocycles. The lowest BCUT2D eigenvalue weighted by atomic mass is 9.97. The molecule has 1 aliphatic rings. The van der Waals surface area contributed by atoms with Crippen LogP contribution in [0.3, 0.4) is 0 Å². The van der Waals surface area contributed by atoms with Gasteiger partial charge in [-0.2, -0.15) is 0 Å². The molecule has 4 aromatic rings. The van der Waals surface area contributed by atoms with E-state index >= 15 is 0 Å². The molecule has 0 saturated carbocycles. The van der Waals surface area contributed by atoms with Crippen molar-refractivity contribution in [3.05, 3.63) is 91.1 Å². The second-order valence-electron chi connectivity index (χ2n) is 7.32. The summed E-state index contributed by atoms with van der Waals surface area (Å²) in [6.07, 6.45) is 5.38. The summed E-state index contributed by atoms with van der Waals surface area (Å²) in [5, 5.41) is 0.604. The summed E-state index contributed by atoms with van der Waals surface area (Å²) >= 11 is 1.50. The predicted octanol–water partition coefficient (Wildman–Crippen LogP) is 3.93. The number of aryl methyl sites for hydroxylation is 2. The molecule has 0 bridgehead atoms. The van der Waals surface area contributed by atoms with Crippen LogP contribution < -0.4 is 11.2 Å². The molecule has 7 heteroatoms. The molecule has 0 unspecified atom stereocenters. The second-order valence-corrected chi connectivity index (χ2v) is 8.41. The molecule has 0 radical (unpaired) electrons. The lowest BCUT2D eigenvalue weighted by molar-refractivity contribution is 0.478. The molecule has 29 heavy (non-hydrogen) atoms. The SMILES string of the molecule is O=c1c2c3c(sc2n(Cc2ccccc2F)c(=O)n1Cc1ccco1)CCCC3. The third kappa shape index (κ3) is 3.06. The largest absolute Gasteiger partial charge is 0.467 e. The molecular weight excluding hydrogens is 391 g/mol. The monoisotopic (exact) mass is 410 g/mol. The maximum Gasteiger partial charge on any atom is 0.332 e. The van der Waals surface area contributed by atoms with E-state index in [1.165, 1.54) is 33.1 Å². The molecule has 0 spiro atoms. The number of hydrogen-bond donors (Lipinski definition) is 0. The van der Waals surface area contributed by atoms with Gasteiger partial charge in [0.05, 0.1) is 24.7 Å². The van der Waals surface area contributed by atoms with Gasteiger partial charge in [0.1, 0.15) is 16.4 Å². The summed E-state index contributed by atoms with van der Waals surface area (Å²) in [5.41, 5.74) is 0.744. The average Bonchev–Trinajstić information content (AvgIpc) is 3.37. The zero-order chi connectivity index (χ0) is 20.0. The van der Waals surface area contributed by atoms with E-state index in [1.54, 1.807) is 34.9 Å². The van der Waals surface area contributed by atoms with E-state index in [4.69, 9.17) is 4.42 Å². The summed E-state index contributed by atoms with van der Waals surface area (Å²) in [7, 11) is 0. The summed E-state index contributed by atoms with van der Waals surface area (Å²) in [4.78, 5) is 28.5. The van der Waals surface area contributed by atoms with Crippen LogP contribution >= 0.6 is 11.3 Å². The molecule has 5 nitrogen and oxygen atoms in total. The molecule has 0 amide bonds. The Morgan fingerprint density at radius 1 is 1.00 bits per heavy atom. The zero-order valence-corrected chi connectivity index (χ0v) is 16.5. The fourth-order valence-electron chi connectivity index (χ4n) is 4.05. The number of fused-ring (bicyclic) bond motifs is 3. The first-order valence-electron chi connectivity index (χ1n) is 9.67. The van der Waals surface area contributed by atoms with Gasteiger partial charge in [0.15, 0.2) is 0 Å². The number of furan rings is 1. The van der Waals surface area contributed by atoms with Crippen molar-refractivity contribution < 1.29 is 8.81 Å². The normalized spacial score (nSPS) is 13.7. The summed E-state index contributed by atoms with van der Waals surface area (Å²) < 4.78 is 22.4. The molecule has 3 heterocycles. The Morgan fingerprint density at radius 2 is 1.83 bits per heavy atom. The quantitative estimate of drug-likeness (QED) is 0.512. The van der Waals surface area contributed by atoms with Gasteiger partial charge in [-0.1, -0.05) is 18.2 Å². The highest BCUT2D eigenvalue weighted by Gasteiger charge is 2.24. The summed E-state index contributed by atoms with van der Waals surface area (Å²) in [5.74, 6) is 0.169. The van der Waals surface area contributed by atoms with Gasteiger partial charge in [0.2, 0.25) is 0 Å². The van der Waals surface area contributed by atoms with Crippen molar-refractivity contribution in [1.29, 1.82) is 0 Å². The van der Waals surface area contributed by atoms with Crippen LogP contribution in [0.15, 0.2) is 56.7 Å². The highest BCUT2D eigenvalue weighted by molar-refractivity contribution is 7.18. The van der Waals surface area contributed by atoms with Crippen LogP contribution in [0.5, 0.6) is 0 Å². The smallest absolute Gasteiger partial charge is 0.332 e. The predicted molar refractivity (Wildman–Crippen MR) is 110 cm³/mol. The van der Waals surface area contributed by atoms with E-state index < -0.39 is 5.69 Å². The molecule has 0 fully saturated rings. The number of halogens is 1. The minimum atomic E-state index is -0.444. The molecule has 5 rings (SSSR count). The van der Waals surface area contributed by atoms with Gasteiger partial charge in [-0.15, -0.1) is 11.3 Å². The van der Waals surface area contributed by atoms with Gasteiger partial charge >= 0.3 is 5.69 Å². The van der Waals surface area contributed by atoms with Crippen molar-refractivity contribution in [1.82, 2.24) is 9.13 Å². The Bertz CT molecular complexity index is 1310. The maximum atomic E-state index is 14.3. The number of thiophene rings is 1. The first-order valence-corrected chi connectivity index (χ1v) is 10.5. The van der Waals surface area contributed by atoms with Crippen molar-refractivity contribution in [3.8, 4) is 0 Å². The number of rotatable bonds is 4. The van der Waals surface area contributed by atoms with Gasteiger partial charge in [-0.05, 0) is 49.4 Å². The van der Waals surface area contributed by atoms with E-state index in [0.29, 0.717) is 21.5 Å². The molecule has 1 aromatic carbocycles. The topological polar surface area (TPSA) is 57.1 Å². The lowest BCUT2D eigenvalue weighted by Gasteiger charge is -2.13. The van der Waals surface area contributed by atoms with Crippen LogP contribution in [0.1, 0.15) is 34.6 Å². The standard InChI is InChI=1S/C22H19FN2O3S/c23-17-9-3-1-6-14(17)12-25-21-19(16-8-2-4-10-18(16)29-21)20(26)24(22(25)27)13-15-7-5-11-28-15/h1,3,5-7,9,11H,2,4,8,10,12-13H2. The van der Waals surface area contributed by atoms with Crippen LogP contribution in [0, 0.1) is 5.82 Å². The molecule has 0 saturated heterocycles. The van der Waals surface area contributed by atoms with Crippen molar-refractivity contribution in [2.75, 3.05) is 0 Å². The van der Waals surface area contributed by atoms with Crippen LogP contribution in [0.25, 0.3) is 10.2 Å².